The van der Waals surface area contributed by atoms with Crippen molar-refractivity contribution in [3.63, 3.8) is 0 Å². The fraction of sp³-hybridized carbons (Fsp3) is 0.500. The predicted octanol–water partition coefficient (Wildman–Crippen LogP) is 2.41. The second kappa shape index (κ2) is 3.59. The summed E-state index contributed by atoms with van der Waals surface area (Å²) in [5.74, 6) is 0. The van der Waals surface area contributed by atoms with Crippen LogP contribution in [0.2, 0.25) is 0 Å². The van der Waals surface area contributed by atoms with E-state index in [-0.39, 0.29) is 19.8 Å². The molecule has 1 rings (SSSR count). The third-order valence-electron chi connectivity index (χ3n) is 2.81. The Balaban J connectivity index is 0.000001000. The molecule has 0 saturated carbocycles. The van der Waals surface area contributed by atoms with Crippen molar-refractivity contribution in [1.29, 1.82) is 0 Å². The minimum atomic E-state index is 0. The predicted molar refractivity (Wildman–Crippen MR) is 48.5 cm³/mol. The van der Waals surface area contributed by atoms with E-state index in [4.69, 9.17) is 0 Å². The minimum absolute atomic E-state index is 0. The average Bonchev–Trinajstić information content (AvgIpc) is 2.07. The molecule has 0 aliphatic heterocycles. The Kier molecular flexibility index (Phi) is 3.59. The summed E-state index contributed by atoms with van der Waals surface area (Å²) >= 11 is 0. The van der Waals surface area contributed by atoms with E-state index in [0.29, 0.717) is 0 Å². The van der Waals surface area contributed by atoms with E-state index in [9.17, 15) is 0 Å². The average molecular weight is 327 g/mol. The maximum atomic E-state index is 2.20. The molecule has 11 heavy (non-hydrogen) atoms. The second-order valence-electron chi connectivity index (χ2n) is 3.12. The Hall–Kier alpha value is -0.0136. The molecule has 0 heterocycles. The van der Waals surface area contributed by atoms with Crippen molar-refractivity contribution < 1.29 is 19.8 Å². The summed E-state index contributed by atoms with van der Waals surface area (Å²) in [6.07, 6.45) is 0. The van der Waals surface area contributed by atoms with Gasteiger partial charge in [0.15, 0.2) is 0 Å². The van der Waals surface area contributed by atoms with Gasteiger partial charge in [-0.25, -0.2) is 0 Å². The number of hydrogen-bond acceptors (Lipinski definition) is 0. The third-order valence-corrected chi connectivity index (χ3v) is 2.81. The van der Waals surface area contributed by atoms with E-state index in [2.05, 4.69) is 34.6 Å². The normalized spacial score (nSPS) is 9.55. The van der Waals surface area contributed by atoms with Crippen LogP contribution in [0.3, 0.4) is 0 Å². The van der Waals surface area contributed by atoms with Gasteiger partial charge in [-0.3, -0.25) is 0 Å². The van der Waals surface area contributed by atoms with Gasteiger partial charge in [0.05, 0.1) is 0 Å². The van der Waals surface area contributed by atoms with E-state index >= 15 is 0 Å². The van der Waals surface area contributed by atoms with Gasteiger partial charge in [-0.2, -0.15) is 27.8 Å². The van der Waals surface area contributed by atoms with Crippen molar-refractivity contribution >= 4 is 0 Å². The Morgan fingerprint density at radius 1 is 0.818 bits per heavy atom. The summed E-state index contributed by atoms with van der Waals surface area (Å²) in [5.41, 5.74) is 7.34. The van der Waals surface area contributed by atoms with Crippen LogP contribution in [0.25, 0.3) is 0 Å². The fourth-order valence-corrected chi connectivity index (χ4v) is 1.41. The summed E-state index contributed by atoms with van der Waals surface area (Å²) < 4.78 is 0. The molecule has 1 aromatic rings. The molecular weight excluding hydrogens is 310 g/mol. The number of hydrogen-bond donors (Lipinski definition) is 0. The van der Waals surface area contributed by atoms with Crippen LogP contribution in [0.4, 0.5) is 0 Å². The molecule has 0 spiro atoms. The van der Waals surface area contributed by atoms with Crippen molar-refractivity contribution in [1.82, 2.24) is 0 Å². The Bertz CT molecular complexity index is 176. The molecule has 0 radical (unpaired) electrons. The molecule has 0 unspecified atom stereocenters. The van der Waals surface area contributed by atoms with Crippen LogP contribution in [-0.4, -0.2) is 0 Å². The van der Waals surface area contributed by atoms with E-state index in [1.54, 1.807) is 0 Å². The molecule has 0 fully saturated rings. The van der Waals surface area contributed by atoms with E-state index in [1.165, 1.54) is 27.8 Å². The molecule has 0 bridgehead atoms. The third kappa shape index (κ3) is 1.59. The molecule has 0 N–H and O–H groups in total. The molecule has 0 saturated heterocycles. The Morgan fingerprint density at radius 2 is 1.09 bits per heavy atom. The molecule has 0 aliphatic carbocycles. The van der Waals surface area contributed by atoms with Gasteiger partial charge in [-0.1, -0.05) is 34.6 Å². The summed E-state index contributed by atoms with van der Waals surface area (Å²) in [6, 6.07) is 0. The first kappa shape index (κ1) is 11.0. The molecule has 0 amide bonds. The van der Waals surface area contributed by atoms with Crippen LogP contribution >= 0.6 is 0 Å². The van der Waals surface area contributed by atoms with Crippen molar-refractivity contribution in [3.8, 4) is 0 Å². The topological polar surface area (TPSA) is 0 Å². The van der Waals surface area contributed by atoms with E-state index < -0.39 is 0 Å². The monoisotopic (exact) mass is 329 g/mol. The molecule has 0 atom stereocenters. The Morgan fingerprint density at radius 3 is 1.18 bits per heavy atom. The van der Waals surface area contributed by atoms with Crippen molar-refractivity contribution in [3.05, 3.63) is 27.8 Å². The SMILES string of the molecule is Cc1c(C)c(C)[c-](C)c1C.[OsH2]. The molecule has 1 aromatic carbocycles. The number of rotatable bonds is 0. The molecule has 0 aliphatic rings. The standard InChI is InChI=1S/C10H15.Os.2H/c1-6-7(2)9(4)10(5)8(6)3;;;/h1-5H3;;;/q-1;;;. The molecule has 0 aromatic heterocycles. The molecule has 1 heteroatoms. The summed E-state index contributed by atoms with van der Waals surface area (Å²) in [7, 11) is 0. The van der Waals surface area contributed by atoms with Crippen LogP contribution in [0.15, 0.2) is 0 Å². The molecular formula is C10H17Os-. The van der Waals surface area contributed by atoms with Crippen LogP contribution in [0.5, 0.6) is 0 Å². The van der Waals surface area contributed by atoms with Crippen LogP contribution in [0, 0.1) is 34.6 Å². The van der Waals surface area contributed by atoms with Crippen LogP contribution in [-0.2, 0) is 19.8 Å². The fourth-order valence-electron chi connectivity index (χ4n) is 1.41. The van der Waals surface area contributed by atoms with Gasteiger partial charge in [0.1, 0.15) is 0 Å². The van der Waals surface area contributed by atoms with Crippen LogP contribution < -0.4 is 0 Å². The van der Waals surface area contributed by atoms with Gasteiger partial charge in [-0.15, -0.1) is 0 Å². The van der Waals surface area contributed by atoms with Gasteiger partial charge >= 0.3 is 19.8 Å². The molecule has 0 nitrogen and oxygen atoms in total. The zero-order valence-corrected chi connectivity index (χ0v) is 10.8. The second-order valence-corrected chi connectivity index (χ2v) is 3.12. The van der Waals surface area contributed by atoms with Crippen molar-refractivity contribution in [2.75, 3.05) is 0 Å². The van der Waals surface area contributed by atoms with Crippen LogP contribution in [0.1, 0.15) is 27.8 Å². The summed E-state index contributed by atoms with van der Waals surface area (Å²) in [5, 5.41) is 0. The van der Waals surface area contributed by atoms with Gasteiger partial charge in [0, 0.05) is 0 Å². The van der Waals surface area contributed by atoms with Gasteiger partial charge in [-0.05, 0) is 0 Å². The van der Waals surface area contributed by atoms with E-state index in [1.807, 2.05) is 0 Å². The molecule has 66 valence electrons. The van der Waals surface area contributed by atoms with Crippen molar-refractivity contribution in [2.24, 2.45) is 0 Å². The Labute approximate surface area is 82.4 Å². The van der Waals surface area contributed by atoms with E-state index in [0.717, 1.165) is 0 Å². The van der Waals surface area contributed by atoms with Gasteiger partial charge < -0.3 is 0 Å². The summed E-state index contributed by atoms with van der Waals surface area (Å²) in [6.45, 7) is 11.0. The zero-order valence-electron chi connectivity index (χ0n) is 7.91. The summed E-state index contributed by atoms with van der Waals surface area (Å²) in [4.78, 5) is 0. The van der Waals surface area contributed by atoms with Gasteiger partial charge in [0.25, 0.3) is 0 Å². The maximum absolute atomic E-state index is 2.20. The zero-order chi connectivity index (χ0) is 7.89. The first-order valence-electron chi connectivity index (χ1n) is 3.75. The van der Waals surface area contributed by atoms with Crippen molar-refractivity contribution in [2.45, 2.75) is 34.6 Å². The quantitative estimate of drug-likeness (QED) is 0.642. The first-order valence-corrected chi connectivity index (χ1v) is 3.75. The first-order chi connectivity index (χ1) is 4.55. The van der Waals surface area contributed by atoms with Gasteiger partial charge in [0.2, 0.25) is 0 Å².